The van der Waals surface area contributed by atoms with Crippen LogP contribution in [0.1, 0.15) is 39.7 Å². The number of ether oxygens (including phenoxy) is 1. The van der Waals surface area contributed by atoms with Crippen molar-refractivity contribution in [2.45, 2.75) is 52.3 Å². The maximum atomic E-state index is 13.2. The maximum Gasteiger partial charge on any atom is 0.407 e. The van der Waals surface area contributed by atoms with Crippen LogP contribution in [0.2, 0.25) is 5.02 Å². The van der Waals surface area contributed by atoms with E-state index in [0.29, 0.717) is 36.9 Å². The van der Waals surface area contributed by atoms with Crippen LogP contribution in [0.15, 0.2) is 48.5 Å². The standard InChI is InChI=1S/C28H36ClFN4O5/c1-20-17-32(18-21-8-10-23(30)11-9-21)14-15-33(20)26(36)19-38-34(24-7-5-6-22(29)16-24)25(35)12-13-31-27(37)39-28(2,3)4/h5-11,16,20H,12-15,17-19H2,1-4H3,(H,31,37). The summed E-state index contributed by atoms with van der Waals surface area (Å²) in [7, 11) is 0. The van der Waals surface area contributed by atoms with Gasteiger partial charge in [0.25, 0.3) is 11.8 Å². The summed E-state index contributed by atoms with van der Waals surface area (Å²) < 4.78 is 18.4. The summed E-state index contributed by atoms with van der Waals surface area (Å²) in [5, 5.41) is 3.98. The van der Waals surface area contributed by atoms with Gasteiger partial charge in [-0.05, 0) is 63.6 Å². The molecule has 0 spiro atoms. The summed E-state index contributed by atoms with van der Waals surface area (Å²) in [5.41, 5.74) is 0.715. The summed E-state index contributed by atoms with van der Waals surface area (Å²) in [5.74, 6) is -0.985. The van der Waals surface area contributed by atoms with Gasteiger partial charge >= 0.3 is 6.09 Å². The van der Waals surface area contributed by atoms with Crippen molar-refractivity contribution in [1.29, 1.82) is 0 Å². The first-order valence-electron chi connectivity index (χ1n) is 12.9. The molecule has 2 aromatic carbocycles. The molecule has 9 nitrogen and oxygen atoms in total. The van der Waals surface area contributed by atoms with E-state index in [0.717, 1.165) is 10.6 Å². The number of nitrogens with zero attached hydrogens (tertiary/aromatic N) is 3. The number of hydroxylamine groups is 1. The Hall–Kier alpha value is -3.21. The van der Waals surface area contributed by atoms with E-state index in [4.69, 9.17) is 21.2 Å². The van der Waals surface area contributed by atoms with Gasteiger partial charge in [0.2, 0.25) is 0 Å². The average molecular weight is 563 g/mol. The van der Waals surface area contributed by atoms with Gasteiger partial charge in [-0.3, -0.25) is 19.3 Å². The third-order valence-electron chi connectivity index (χ3n) is 5.94. The molecule has 1 saturated heterocycles. The smallest absolute Gasteiger partial charge is 0.407 e. The van der Waals surface area contributed by atoms with Crippen molar-refractivity contribution in [2.75, 3.05) is 37.8 Å². The number of piperazine rings is 1. The minimum Gasteiger partial charge on any atom is -0.444 e. The molecule has 0 aliphatic carbocycles. The van der Waals surface area contributed by atoms with Gasteiger partial charge in [0.1, 0.15) is 11.4 Å². The van der Waals surface area contributed by atoms with E-state index in [1.807, 2.05) is 6.92 Å². The van der Waals surface area contributed by atoms with Crippen LogP contribution < -0.4 is 10.4 Å². The number of rotatable bonds is 9. The fourth-order valence-corrected chi connectivity index (χ4v) is 4.36. The topological polar surface area (TPSA) is 91.4 Å². The normalized spacial score (nSPS) is 16.1. The Kier molecular flexibility index (Phi) is 10.7. The molecule has 1 unspecified atom stereocenters. The zero-order valence-electron chi connectivity index (χ0n) is 22.8. The van der Waals surface area contributed by atoms with Crippen LogP contribution >= 0.6 is 11.6 Å². The third kappa shape index (κ3) is 9.80. The van der Waals surface area contributed by atoms with Crippen molar-refractivity contribution < 1.29 is 28.3 Å². The molecule has 212 valence electrons. The number of hydrogen-bond donors (Lipinski definition) is 1. The highest BCUT2D eigenvalue weighted by atomic mass is 35.5. The van der Waals surface area contributed by atoms with Crippen LogP contribution in [-0.2, 0) is 25.7 Å². The van der Waals surface area contributed by atoms with E-state index in [1.54, 1.807) is 62.1 Å². The zero-order chi connectivity index (χ0) is 28.6. The Morgan fingerprint density at radius 2 is 1.85 bits per heavy atom. The number of carbonyl (C=O) groups is 3. The number of benzene rings is 2. The van der Waals surface area contributed by atoms with Gasteiger partial charge in [0, 0.05) is 50.2 Å². The van der Waals surface area contributed by atoms with Gasteiger partial charge in [-0.2, -0.15) is 5.06 Å². The van der Waals surface area contributed by atoms with Crippen LogP contribution in [0.25, 0.3) is 0 Å². The molecule has 0 aromatic heterocycles. The number of amides is 3. The molecule has 1 fully saturated rings. The molecule has 0 bridgehead atoms. The van der Waals surface area contributed by atoms with E-state index in [2.05, 4.69) is 10.2 Å². The molecule has 1 atom stereocenters. The molecule has 2 aromatic rings. The SMILES string of the molecule is CC1CN(Cc2ccc(F)cc2)CCN1C(=O)CON(C(=O)CCNC(=O)OC(C)(C)C)c1cccc(Cl)c1. The lowest BCUT2D eigenvalue weighted by Gasteiger charge is -2.40. The average Bonchev–Trinajstić information content (AvgIpc) is 2.84. The lowest BCUT2D eigenvalue weighted by atomic mass is 10.1. The van der Waals surface area contributed by atoms with Crippen molar-refractivity contribution in [3.63, 3.8) is 0 Å². The lowest BCUT2D eigenvalue weighted by molar-refractivity contribution is -0.143. The molecular formula is C28H36ClFN4O5. The van der Waals surface area contributed by atoms with E-state index >= 15 is 0 Å². The number of carbonyl (C=O) groups excluding carboxylic acids is 3. The molecule has 0 saturated carbocycles. The summed E-state index contributed by atoms with van der Waals surface area (Å²) in [6, 6.07) is 12.9. The van der Waals surface area contributed by atoms with E-state index in [1.165, 1.54) is 12.1 Å². The Bertz CT molecular complexity index is 1140. The fraction of sp³-hybridized carbons (Fsp3) is 0.464. The quantitative estimate of drug-likeness (QED) is 0.456. The molecule has 1 aliphatic heterocycles. The second-order valence-electron chi connectivity index (χ2n) is 10.4. The predicted octanol–water partition coefficient (Wildman–Crippen LogP) is 4.39. The highest BCUT2D eigenvalue weighted by Gasteiger charge is 2.29. The van der Waals surface area contributed by atoms with Crippen LogP contribution in [0.4, 0.5) is 14.9 Å². The summed E-state index contributed by atoms with van der Waals surface area (Å²) in [6.45, 7) is 9.33. The molecule has 3 amide bonds. The van der Waals surface area contributed by atoms with Gasteiger partial charge in [-0.1, -0.05) is 29.8 Å². The minimum atomic E-state index is -0.659. The van der Waals surface area contributed by atoms with Crippen LogP contribution in [0, 0.1) is 5.82 Å². The third-order valence-corrected chi connectivity index (χ3v) is 6.18. The first-order chi connectivity index (χ1) is 18.4. The molecule has 11 heteroatoms. The zero-order valence-corrected chi connectivity index (χ0v) is 23.5. The van der Waals surface area contributed by atoms with Crippen molar-refractivity contribution in [3.05, 3.63) is 64.9 Å². The highest BCUT2D eigenvalue weighted by Crippen LogP contribution is 2.21. The van der Waals surface area contributed by atoms with Crippen molar-refractivity contribution in [3.8, 4) is 0 Å². The van der Waals surface area contributed by atoms with Gasteiger partial charge in [-0.25, -0.2) is 9.18 Å². The van der Waals surface area contributed by atoms with Crippen LogP contribution in [0.3, 0.4) is 0 Å². The monoisotopic (exact) mass is 562 g/mol. The number of alkyl carbamates (subject to hydrolysis) is 1. The van der Waals surface area contributed by atoms with Gasteiger partial charge < -0.3 is 15.0 Å². The first kappa shape index (κ1) is 30.3. The lowest BCUT2D eigenvalue weighted by Crippen LogP contribution is -2.54. The second-order valence-corrected chi connectivity index (χ2v) is 10.9. The van der Waals surface area contributed by atoms with Gasteiger partial charge in [0.15, 0.2) is 6.61 Å². The molecule has 1 N–H and O–H groups in total. The maximum absolute atomic E-state index is 13.2. The Morgan fingerprint density at radius 3 is 2.49 bits per heavy atom. The van der Waals surface area contributed by atoms with Crippen molar-refractivity contribution >= 4 is 35.2 Å². The summed E-state index contributed by atoms with van der Waals surface area (Å²) in [6.07, 6.45) is -0.716. The fourth-order valence-electron chi connectivity index (χ4n) is 4.18. The van der Waals surface area contributed by atoms with Crippen LogP contribution in [-0.4, -0.2) is 72.1 Å². The van der Waals surface area contributed by atoms with Crippen molar-refractivity contribution in [2.24, 2.45) is 0 Å². The molecule has 1 aliphatic rings. The number of nitrogens with one attached hydrogen (secondary N) is 1. The molecule has 1 heterocycles. The van der Waals surface area contributed by atoms with E-state index in [9.17, 15) is 18.8 Å². The second kappa shape index (κ2) is 13.7. The molecular weight excluding hydrogens is 527 g/mol. The molecule has 39 heavy (non-hydrogen) atoms. The van der Waals surface area contributed by atoms with Gasteiger partial charge in [0.05, 0.1) is 5.69 Å². The minimum absolute atomic E-state index is 0.0230. The number of halogens is 2. The molecule has 0 radical (unpaired) electrons. The summed E-state index contributed by atoms with van der Waals surface area (Å²) in [4.78, 5) is 47.7. The highest BCUT2D eigenvalue weighted by molar-refractivity contribution is 6.30. The predicted molar refractivity (Wildman–Crippen MR) is 147 cm³/mol. The van der Waals surface area contributed by atoms with E-state index in [-0.39, 0.29) is 37.3 Å². The van der Waals surface area contributed by atoms with E-state index < -0.39 is 17.6 Å². The first-order valence-corrected chi connectivity index (χ1v) is 13.2. The van der Waals surface area contributed by atoms with Crippen molar-refractivity contribution in [1.82, 2.24) is 15.1 Å². The Morgan fingerprint density at radius 1 is 1.13 bits per heavy atom. The summed E-state index contributed by atoms with van der Waals surface area (Å²) >= 11 is 6.12. The number of anilines is 1. The Balaban J connectivity index is 1.56. The van der Waals surface area contributed by atoms with Crippen LogP contribution in [0.5, 0.6) is 0 Å². The number of hydrogen-bond acceptors (Lipinski definition) is 6. The Labute approximate surface area is 233 Å². The van der Waals surface area contributed by atoms with Gasteiger partial charge in [-0.15, -0.1) is 0 Å². The largest absolute Gasteiger partial charge is 0.444 e. The molecule has 3 rings (SSSR count).